The number of aromatic nitrogens is 4. The Morgan fingerprint density at radius 2 is 1.13 bits per heavy atom. The molecule has 0 fully saturated rings. The predicted octanol–water partition coefficient (Wildman–Crippen LogP) is 8.73. The van der Waals surface area contributed by atoms with Crippen molar-refractivity contribution in [2.45, 2.75) is 0 Å². The van der Waals surface area contributed by atoms with Gasteiger partial charge in [0, 0.05) is 70.2 Å². The van der Waals surface area contributed by atoms with Crippen LogP contribution in [0, 0.1) is 22.7 Å². The van der Waals surface area contributed by atoms with E-state index >= 15 is 0 Å². The second-order valence-electron chi connectivity index (χ2n) is 10.6. The smallest absolute Gasteiger partial charge is 0.136 e. The third kappa shape index (κ3) is 4.36. The fourth-order valence-corrected chi connectivity index (χ4v) is 5.91. The van der Waals surface area contributed by atoms with Gasteiger partial charge in [-0.15, -0.1) is 0 Å². The molecule has 0 atom stereocenters. The summed E-state index contributed by atoms with van der Waals surface area (Å²) in [6.07, 6.45) is 10.1. The van der Waals surface area contributed by atoms with E-state index in [-0.39, 0.29) is 0 Å². The maximum absolute atomic E-state index is 9.50. The Kier molecular flexibility index (Phi) is 6.08. The molecule has 0 aliphatic heterocycles. The van der Waals surface area contributed by atoms with Crippen molar-refractivity contribution in [1.82, 2.24) is 19.9 Å². The Bertz CT molecular complexity index is 2500. The van der Waals surface area contributed by atoms with Crippen molar-refractivity contribution < 1.29 is 4.42 Å². The lowest BCUT2D eigenvalue weighted by Crippen LogP contribution is -1.90. The second-order valence-corrected chi connectivity index (χ2v) is 10.6. The second kappa shape index (κ2) is 10.5. The number of nitrogens with zero attached hydrogens (tertiary/aromatic N) is 6. The number of hydrogen-bond donors (Lipinski definition) is 0. The number of benzene rings is 3. The molecule has 7 nitrogen and oxygen atoms in total. The van der Waals surface area contributed by atoms with Gasteiger partial charge in [0.2, 0.25) is 0 Å². The van der Waals surface area contributed by atoms with Gasteiger partial charge in [0.15, 0.2) is 0 Å². The largest absolute Gasteiger partial charge is 0.456 e. The first-order chi connectivity index (χ1) is 22.2. The van der Waals surface area contributed by atoms with E-state index in [4.69, 9.17) is 9.40 Å². The molecule has 0 amide bonds. The number of pyridine rings is 4. The molecule has 0 N–H and O–H groups in total. The van der Waals surface area contributed by atoms with E-state index in [2.05, 4.69) is 57.4 Å². The molecule has 5 aromatic heterocycles. The molecule has 8 aromatic rings. The maximum atomic E-state index is 9.50. The first kappa shape index (κ1) is 26.0. The Hall–Kier alpha value is -6.70. The van der Waals surface area contributed by atoms with Crippen LogP contribution in [0.2, 0.25) is 0 Å². The van der Waals surface area contributed by atoms with Gasteiger partial charge in [-0.25, -0.2) is 0 Å². The molecule has 0 bridgehead atoms. The van der Waals surface area contributed by atoms with Crippen molar-refractivity contribution in [3.63, 3.8) is 0 Å². The molecular formula is C38H20N6O. The summed E-state index contributed by atoms with van der Waals surface area (Å²) in [6.45, 7) is 0. The van der Waals surface area contributed by atoms with Crippen LogP contribution in [-0.2, 0) is 0 Å². The number of fused-ring (bicyclic) bond motifs is 5. The van der Waals surface area contributed by atoms with Crippen molar-refractivity contribution in [3.8, 4) is 56.9 Å². The third-order valence-electron chi connectivity index (χ3n) is 8.09. The average molecular weight is 577 g/mol. The highest BCUT2D eigenvalue weighted by molar-refractivity contribution is 6.22. The zero-order valence-corrected chi connectivity index (χ0v) is 23.6. The van der Waals surface area contributed by atoms with Crippen molar-refractivity contribution in [3.05, 3.63) is 133 Å². The standard InChI is InChI=1S/C38H20N6O/c39-17-26-19-41-13-11-28(26)34-9-6-24(21-43-34)23-5-8-32-36(15-23)45-37-16-33(30-3-1-2-4-31(30)38(32)37)25-7-10-35(44-22-25)29-12-14-42-20-27(29)18-40/h1-16,19-22H. The van der Waals surface area contributed by atoms with Gasteiger partial charge >= 0.3 is 0 Å². The normalized spacial score (nSPS) is 11.1. The molecular weight excluding hydrogens is 556 g/mol. The summed E-state index contributed by atoms with van der Waals surface area (Å²) >= 11 is 0. The molecule has 7 heteroatoms. The third-order valence-corrected chi connectivity index (χ3v) is 8.09. The maximum Gasteiger partial charge on any atom is 0.136 e. The van der Waals surface area contributed by atoms with Crippen LogP contribution in [0.25, 0.3) is 77.5 Å². The summed E-state index contributed by atoms with van der Waals surface area (Å²) in [5.74, 6) is 0. The Balaban J connectivity index is 1.21. The molecule has 45 heavy (non-hydrogen) atoms. The van der Waals surface area contributed by atoms with Crippen LogP contribution in [0.4, 0.5) is 0 Å². The predicted molar refractivity (Wildman–Crippen MR) is 174 cm³/mol. The number of furan rings is 1. The highest BCUT2D eigenvalue weighted by Crippen LogP contribution is 2.41. The van der Waals surface area contributed by atoms with E-state index in [1.807, 2.05) is 54.9 Å². The zero-order valence-electron chi connectivity index (χ0n) is 23.6. The van der Waals surface area contributed by atoms with Crippen molar-refractivity contribution in [2.75, 3.05) is 0 Å². The highest BCUT2D eigenvalue weighted by Gasteiger charge is 2.16. The SMILES string of the molecule is N#Cc1cnccc1-c1ccc(-c2ccc3c(c2)oc2cc(-c4ccc(-c5ccncc5C#N)nc4)c4ccccc4c23)cn1. The number of hydrogen-bond acceptors (Lipinski definition) is 7. The number of rotatable bonds is 4. The Labute approximate surface area is 257 Å². The van der Waals surface area contributed by atoms with Crippen LogP contribution in [0.3, 0.4) is 0 Å². The number of nitriles is 2. The fourth-order valence-electron chi connectivity index (χ4n) is 5.91. The molecule has 8 rings (SSSR count). The minimum Gasteiger partial charge on any atom is -0.456 e. The monoisotopic (exact) mass is 576 g/mol. The van der Waals surface area contributed by atoms with Crippen molar-refractivity contribution in [2.24, 2.45) is 0 Å². The van der Waals surface area contributed by atoms with E-state index in [0.717, 1.165) is 71.8 Å². The summed E-state index contributed by atoms with van der Waals surface area (Å²) < 4.78 is 6.50. The zero-order chi connectivity index (χ0) is 30.3. The lowest BCUT2D eigenvalue weighted by molar-refractivity contribution is 0.669. The van der Waals surface area contributed by atoms with Crippen LogP contribution in [-0.4, -0.2) is 19.9 Å². The van der Waals surface area contributed by atoms with Crippen LogP contribution < -0.4 is 0 Å². The molecule has 0 radical (unpaired) electrons. The van der Waals surface area contributed by atoms with Gasteiger partial charge in [-0.1, -0.05) is 42.5 Å². The lowest BCUT2D eigenvalue weighted by Gasteiger charge is -2.09. The van der Waals surface area contributed by atoms with Gasteiger partial charge in [-0.2, -0.15) is 10.5 Å². The summed E-state index contributed by atoms with van der Waals surface area (Å²) in [5, 5.41) is 23.2. The molecule has 0 saturated carbocycles. The topological polar surface area (TPSA) is 112 Å². The minimum absolute atomic E-state index is 0.486. The van der Waals surface area contributed by atoms with Crippen molar-refractivity contribution >= 4 is 32.7 Å². The molecule has 0 saturated heterocycles. The molecule has 0 aliphatic carbocycles. The van der Waals surface area contributed by atoms with Gasteiger partial charge in [0.05, 0.1) is 22.5 Å². The first-order valence-electron chi connectivity index (χ1n) is 14.2. The van der Waals surface area contributed by atoms with Crippen molar-refractivity contribution in [1.29, 1.82) is 10.5 Å². The summed E-state index contributed by atoms with van der Waals surface area (Å²) in [6, 6.07) is 32.5. The lowest BCUT2D eigenvalue weighted by atomic mass is 9.95. The average Bonchev–Trinajstić information content (AvgIpc) is 3.49. The summed E-state index contributed by atoms with van der Waals surface area (Å²) in [4.78, 5) is 17.4. The van der Waals surface area contributed by atoms with Gasteiger partial charge in [0.1, 0.15) is 23.3 Å². The molecule has 0 aliphatic rings. The fraction of sp³-hybridized carbons (Fsp3) is 0. The Morgan fingerprint density at radius 3 is 1.76 bits per heavy atom. The summed E-state index contributed by atoms with van der Waals surface area (Å²) in [7, 11) is 0. The van der Waals surface area contributed by atoms with Gasteiger partial charge in [-0.3, -0.25) is 19.9 Å². The van der Waals surface area contributed by atoms with E-state index in [1.54, 1.807) is 36.9 Å². The highest BCUT2D eigenvalue weighted by atomic mass is 16.3. The van der Waals surface area contributed by atoms with Crippen LogP contribution in [0.5, 0.6) is 0 Å². The minimum atomic E-state index is 0.486. The van der Waals surface area contributed by atoms with Crippen LogP contribution in [0.15, 0.2) is 127 Å². The van der Waals surface area contributed by atoms with E-state index in [1.165, 1.54) is 0 Å². The molecule has 5 heterocycles. The molecule has 0 unspecified atom stereocenters. The molecule has 208 valence electrons. The quantitative estimate of drug-likeness (QED) is 0.206. The van der Waals surface area contributed by atoms with Crippen LogP contribution >= 0.6 is 0 Å². The van der Waals surface area contributed by atoms with E-state index in [9.17, 15) is 10.5 Å². The summed E-state index contributed by atoms with van der Waals surface area (Å²) in [5.41, 5.74) is 9.37. The molecule has 0 spiro atoms. The van der Waals surface area contributed by atoms with E-state index in [0.29, 0.717) is 16.8 Å². The first-order valence-corrected chi connectivity index (χ1v) is 14.2. The molecule has 3 aromatic carbocycles. The van der Waals surface area contributed by atoms with Crippen LogP contribution in [0.1, 0.15) is 11.1 Å². The van der Waals surface area contributed by atoms with Gasteiger partial charge in [-0.05, 0) is 64.4 Å². The van der Waals surface area contributed by atoms with E-state index < -0.39 is 0 Å². The van der Waals surface area contributed by atoms with Gasteiger partial charge in [0.25, 0.3) is 0 Å². The Morgan fingerprint density at radius 1 is 0.511 bits per heavy atom. The van der Waals surface area contributed by atoms with Gasteiger partial charge < -0.3 is 4.42 Å².